The number of nitrogens with zero attached hydrogens (tertiary/aromatic N) is 2. The normalized spacial score (nSPS) is 25.9. The minimum atomic E-state index is -0.330. The maximum atomic E-state index is 9.98. The monoisotopic (exact) mass is 224 g/mol. The summed E-state index contributed by atoms with van der Waals surface area (Å²) < 4.78 is 7.39. The number of ether oxygens (including phenoxy) is 1. The molecule has 2 unspecified atom stereocenters. The Labute approximate surface area is 96.2 Å². The van der Waals surface area contributed by atoms with Crippen LogP contribution in [-0.4, -0.2) is 34.2 Å². The smallest absolute Gasteiger partial charge is 0.101 e. The van der Waals surface area contributed by atoms with Gasteiger partial charge in [-0.2, -0.15) is 5.10 Å². The van der Waals surface area contributed by atoms with Crippen molar-refractivity contribution in [2.24, 2.45) is 0 Å². The van der Waals surface area contributed by atoms with Crippen LogP contribution in [0.25, 0.3) is 0 Å². The lowest BCUT2D eigenvalue weighted by molar-refractivity contribution is -0.0339. The second-order valence-electron chi connectivity index (χ2n) is 4.28. The molecule has 2 rings (SSSR count). The van der Waals surface area contributed by atoms with Gasteiger partial charge in [-0.05, 0) is 25.3 Å². The summed E-state index contributed by atoms with van der Waals surface area (Å²) in [5.74, 6) is 0. The van der Waals surface area contributed by atoms with E-state index in [1.807, 2.05) is 4.68 Å². The zero-order chi connectivity index (χ0) is 11.5. The SMILES string of the molecule is CCc1cc(CC)n(C2COCCC2O)n1. The summed E-state index contributed by atoms with van der Waals surface area (Å²) in [4.78, 5) is 0. The van der Waals surface area contributed by atoms with Gasteiger partial charge in [-0.3, -0.25) is 4.68 Å². The van der Waals surface area contributed by atoms with E-state index in [9.17, 15) is 5.11 Å². The third kappa shape index (κ3) is 2.13. The molecule has 0 aliphatic carbocycles. The van der Waals surface area contributed by atoms with E-state index < -0.39 is 0 Å². The molecule has 0 radical (unpaired) electrons. The van der Waals surface area contributed by atoms with Crippen LogP contribution in [0.15, 0.2) is 6.07 Å². The summed E-state index contributed by atoms with van der Waals surface area (Å²) in [6.45, 7) is 5.43. The average molecular weight is 224 g/mol. The minimum Gasteiger partial charge on any atom is -0.391 e. The molecule has 1 aromatic rings. The summed E-state index contributed by atoms with van der Waals surface area (Å²) >= 11 is 0. The van der Waals surface area contributed by atoms with Crippen molar-refractivity contribution in [1.82, 2.24) is 9.78 Å². The van der Waals surface area contributed by atoms with Crippen molar-refractivity contribution in [3.63, 3.8) is 0 Å². The van der Waals surface area contributed by atoms with Crippen LogP contribution < -0.4 is 0 Å². The van der Waals surface area contributed by atoms with Crippen molar-refractivity contribution < 1.29 is 9.84 Å². The molecule has 1 aliphatic heterocycles. The van der Waals surface area contributed by atoms with Crippen molar-refractivity contribution in [2.75, 3.05) is 13.2 Å². The summed E-state index contributed by atoms with van der Waals surface area (Å²) in [6.07, 6.45) is 2.25. The van der Waals surface area contributed by atoms with Crippen LogP contribution in [0.4, 0.5) is 0 Å². The highest BCUT2D eigenvalue weighted by Gasteiger charge is 2.27. The molecule has 1 N–H and O–H groups in total. The summed E-state index contributed by atoms with van der Waals surface area (Å²) in [6, 6.07) is 2.12. The van der Waals surface area contributed by atoms with Gasteiger partial charge in [0.2, 0.25) is 0 Å². The number of aryl methyl sites for hydroxylation is 2. The topological polar surface area (TPSA) is 47.3 Å². The number of aliphatic hydroxyl groups is 1. The molecule has 1 saturated heterocycles. The Morgan fingerprint density at radius 3 is 2.94 bits per heavy atom. The first-order chi connectivity index (χ1) is 7.76. The van der Waals surface area contributed by atoms with Crippen LogP contribution in [0.1, 0.15) is 37.7 Å². The van der Waals surface area contributed by atoms with E-state index in [1.165, 1.54) is 5.69 Å². The molecule has 4 heteroatoms. The van der Waals surface area contributed by atoms with Crippen LogP contribution in [0.3, 0.4) is 0 Å². The van der Waals surface area contributed by atoms with E-state index in [4.69, 9.17) is 4.74 Å². The molecule has 90 valence electrons. The van der Waals surface area contributed by atoms with E-state index in [2.05, 4.69) is 25.0 Å². The lowest BCUT2D eigenvalue weighted by Gasteiger charge is -2.29. The molecule has 2 atom stereocenters. The molecule has 0 bridgehead atoms. The van der Waals surface area contributed by atoms with Gasteiger partial charge in [-0.25, -0.2) is 0 Å². The highest BCUT2D eigenvalue weighted by molar-refractivity contribution is 5.11. The van der Waals surface area contributed by atoms with Gasteiger partial charge in [-0.15, -0.1) is 0 Å². The van der Waals surface area contributed by atoms with Crippen molar-refractivity contribution in [3.05, 3.63) is 17.5 Å². The van der Waals surface area contributed by atoms with Crippen LogP contribution in [-0.2, 0) is 17.6 Å². The van der Waals surface area contributed by atoms with Gasteiger partial charge in [0.05, 0.1) is 18.4 Å². The number of aromatic nitrogens is 2. The summed E-state index contributed by atoms with van der Waals surface area (Å²) in [5, 5.41) is 14.5. The second kappa shape index (κ2) is 4.97. The Hall–Kier alpha value is -0.870. The first-order valence-corrected chi connectivity index (χ1v) is 6.09. The zero-order valence-corrected chi connectivity index (χ0v) is 10.0. The van der Waals surface area contributed by atoms with Gasteiger partial charge < -0.3 is 9.84 Å². The van der Waals surface area contributed by atoms with E-state index in [-0.39, 0.29) is 12.1 Å². The van der Waals surface area contributed by atoms with E-state index in [1.54, 1.807) is 0 Å². The number of rotatable bonds is 3. The Balaban J connectivity index is 2.26. The molecule has 16 heavy (non-hydrogen) atoms. The fourth-order valence-corrected chi connectivity index (χ4v) is 2.16. The van der Waals surface area contributed by atoms with Crippen LogP contribution in [0, 0.1) is 0 Å². The molecule has 1 aliphatic rings. The molecule has 4 nitrogen and oxygen atoms in total. The predicted molar refractivity (Wildman–Crippen MR) is 61.5 cm³/mol. The Kier molecular flexibility index (Phi) is 3.61. The minimum absolute atomic E-state index is 0.0102. The van der Waals surface area contributed by atoms with Crippen molar-refractivity contribution in [3.8, 4) is 0 Å². The van der Waals surface area contributed by atoms with E-state index >= 15 is 0 Å². The predicted octanol–water partition coefficient (Wildman–Crippen LogP) is 1.33. The lowest BCUT2D eigenvalue weighted by atomic mass is 10.1. The van der Waals surface area contributed by atoms with E-state index in [0.29, 0.717) is 19.6 Å². The van der Waals surface area contributed by atoms with Gasteiger partial charge in [0, 0.05) is 12.3 Å². The third-order valence-corrected chi connectivity index (χ3v) is 3.19. The quantitative estimate of drug-likeness (QED) is 0.842. The van der Waals surface area contributed by atoms with Gasteiger partial charge in [0.15, 0.2) is 0 Å². The number of hydrogen-bond acceptors (Lipinski definition) is 3. The summed E-state index contributed by atoms with van der Waals surface area (Å²) in [5.41, 5.74) is 2.28. The fraction of sp³-hybridized carbons (Fsp3) is 0.750. The highest BCUT2D eigenvalue weighted by atomic mass is 16.5. The Bertz CT molecular complexity index is 349. The molecule has 0 amide bonds. The fourth-order valence-electron chi connectivity index (χ4n) is 2.16. The van der Waals surface area contributed by atoms with E-state index in [0.717, 1.165) is 18.5 Å². The maximum Gasteiger partial charge on any atom is 0.101 e. The average Bonchev–Trinajstić information content (AvgIpc) is 2.72. The first-order valence-electron chi connectivity index (χ1n) is 6.09. The van der Waals surface area contributed by atoms with Gasteiger partial charge in [-0.1, -0.05) is 13.8 Å². The summed E-state index contributed by atoms with van der Waals surface area (Å²) in [7, 11) is 0. The highest BCUT2D eigenvalue weighted by Crippen LogP contribution is 2.22. The zero-order valence-electron chi connectivity index (χ0n) is 10.0. The van der Waals surface area contributed by atoms with Crippen molar-refractivity contribution >= 4 is 0 Å². The van der Waals surface area contributed by atoms with Gasteiger partial charge >= 0.3 is 0 Å². The largest absolute Gasteiger partial charge is 0.391 e. The number of hydrogen-bond donors (Lipinski definition) is 1. The molecular weight excluding hydrogens is 204 g/mol. The lowest BCUT2D eigenvalue weighted by Crippen LogP contribution is -2.35. The first kappa shape index (κ1) is 11.6. The van der Waals surface area contributed by atoms with Gasteiger partial charge in [0.25, 0.3) is 0 Å². The molecule has 1 fully saturated rings. The van der Waals surface area contributed by atoms with Crippen molar-refractivity contribution in [1.29, 1.82) is 0 Å². The Morgan fingerprint density at radius 2 is 2.31 bits per heavy atom. The molecule has 0 aromatic carbocycles. The molecule has 0 spiro atoms. The molecule has 0 saturated carbocycles. The van der Waals surface area contributed by atoms with Crippen molar-refractivity contribution in [2.45, 2.75) is 45.3 Å². The van der Waals surface area contributed by atoms with Crippen LogP contribution in [0.2, 0.25) is 0 Å². The molecule has 2 heterocycles. The molecular formula is C12H20N2O2. The number of aliphatic hydroxyl groups excluding tert-OH is 1. The maximum absolute atomic E-state index is 9.98. The Morgan fingerprint density at radius 1 is 1.50 bits per heavy atom. The molecule has 1 aromatic heterocycles. The van der Waals surface area contributed by atoms with Crippen LogP contribution in [0.5, 0.6) is 0 Å². The second-order valence-corrected chi connectivity index (χ2v) is 4.28. The third-order valence-electron chi connectivity index (χ3n) is 3.19. The van der Waals surface area contributed by atoms with Gasteiger partial charge in [0.1, 0.15) is 6.04 Å². The van der Waals surface area contributed by atoms with Crippen LogP contribution >= 0.6 is 0 Å². The standard InChI is InChI=1S/C12H20N2O2/c1-3-9-7-10(4-2)14(13-9)11-8-16-6-5-12(11)15/h7,11-12,15H,3-6,8H2,1-2H3.